The molecular formula is C26H24F3N3O3. The third-order valence-electron chi connectivity index (χ3n) is 5.64. The van der Waals surface area contributed by atoms with Gasteiger partial charge in [-0.05, 0) is 53.9 Å². The molecule has 0 bridgehead atoms. The maximum Gasteiger partial charge on any atom is 0.416 e. The molecule has 0 spiro atoms. The fourth-order valence-electron chi connectivity index (χ4n) is 3.94. The summed E-state index contributed by atoms with van der Waals surface area (Å²) in [7, 11) is 0. The number of aliphatic carboxylic acids is 1. The van der Waals surface area contributed by atoms with Gasteiger partial charge < -0.3 is 20.1 Å². The van der Waals surface area contributed by atoms with E-state index in [0.29, 0.717) is 30.0 Å². The van der Waals surface area contributed by atoms with E-state index in [2.05, 4.69) is 15.3 Å². The number of ether oxygens (including phenoxy) is 1. The van der Waals surface area contributed by atoms with Gasteiger partial charge in [0.05, 0.1) is 18.6 Å². The summed E-state index contributed by atoms with van der Waals surface area (Å²) >= 11 is 0. The quantitative estimate of drug-likeness (QED) is 0.238. The molecule has 4 aromatic rings. The van der Waals surface area contributed by atoms with Crippen molar-refractivity contribution in [3.05, 3.63) is 89.7 Å². The summed E-state index contributed by atoms with van der Waals surface area (Å²) < 4.78 is 44.7. The number of aromatic amines is 1. The van der Waals surface area contributed by atoms with E-state index in [1.54, 1.807) is 18.5 Å². The third kappa shape index (κ3) is 6.11. The molecule has 0 aliphatic rings. The monoisotopic (exact) mass is 483 g/mol. The minimum Gasteiger partial charge on any atom is -0.493 e. The van der Waals surface area contributed by atoms with Crippen molar-refractivity contribution in [2.45, 2.75) is 24.9 Å². The average molecular weight is 483 g/mol. The highest BCUT2D eigenvalue weighted by molar-refractivity contribution is 5.86. The van der Waals surface area contributed by atoms with Crippen LogP contribution >= 0.6 is 0 Å². The number of nitrogens with one attached hydrogen (secondary N) is 2. The highest BCUT2D eigenvalue weighted by Gasteiger charge is 2.30. The lowest BCUT2D eigenvalue weighted by Crippen LogP contribution is -2.09. The Morgan fingerprint density at radius 2 is 1.91 bits per heavy atom. The van der Waals surface area contributed by atoms with Gasteiger partial charge in [0.2, 0.25) is 0 Å². The van der Waals surface area contributed by atoms with Crippen LogP contribution in [0, 0.1) is 0 Å². The van der Waals surface area contributed by atoms with Crippen LogP contribution in [0.25, 0.3) is 10.9 Å². The number of hydrogen-bond donors (Lipinski definition) is 3. The molecule has 3 N–H and O–H groups in total. The number of carboxylic acid groups (broad SMARTS) is 1. The minimum atomic E-state index is -4.45. The number of hydrogen-bond acceptors (Lipinski definition) is 4. The van der Waals surface area contributed by atoms with Crippen molar-refractivity contribution >= 4 is 22.7 Å². The van der Waals surface area contributed by atoms with Crippen LogP contribution in [0.15, 0.2) is 73.1 Å². The van der Waals surface area contributed by atoms with Gasteiger partial charge in [-0.1, -0.05) is 18.2 Å². The van der Waals surface area contributed by atoms with E-state index in [1.807, 2.05) is 30.3 Å². The maximum absolute atomic E-state index is 12.9. The van der Waals surface area contributed by atoms with Crippen LogP contribution in [-0.2, 0) is 11.0 Å². The molecule has 0 amide bonds. The summed E-state index contributed by atoms with van der Waals surface area (Å²) in [6.07, 6.45) is -0.515. The van der Waals surface area contributed by atoms with Crippen molar-refractivity contribution in [1.82, 2.24) is 9.97 Å². The summed E-state index contributed by atoms with van der Waals surface area (Å²) in [5, 5.41) is 13.4. The number of carboxylic acids is 1. The van der Waals surface area contributed by atoms with Crippen LogP contribution in [0.4, 0.5) is 19.0 Å². The topological polar surface area (TPSA) is 87.2 Å². The highest BCUT2D eigenvalue weighted by Crippen LogP contribution is 2.36. The average Bonchev–Trinajstić information content (AvgIpc) is 3.25. The predicted octanol–water partition coefficient (Wildman–Crippen LogP) is 6.07. The zero-order valence-corrected chi connectivity index (χ0v) is 18.7. The zero-order valence-electron chi connectivity index (χ0n) is 18.7. The first-order valence-corrected chi connectivity index (χ1v) is 11.1. The number of rotatable bonds is 10. The first-order valence-electron chi connectivity index (χ1n) is 11.1. The lowest BCUT2D eigenvalue weighted by Gasteiger charge is -2.16. The Kier molecular flexibility index (Phi) is 7.24. The van der Waals surface area contributed by atoms with Crippen LogP contribution in [-0.4, -0.2) is 34.2 Å². The minimum absolute atomic E-state index is 0.250. The molecule has 2 heterocycles. The molecule has 6 nitrogen and oxygen atoms in total. The molecule has 0 radical (unpaired) electrons. The van der Waals surface area contributed by atoms with Crippen LogP contribution in [0.5, 0.6) is 5.75 Å². The Bertz CT molecular complexity index is 1270. The molecule has 1 unspecified atom stereocenters. The summed E-state index contributed by atoms with van der Waals surface area (Å²) in [5.74, 6) is -0.179. The first kappa shape index (κ1) is 24.1. The highest BCUT2D eigenvalue weighted by atomic mass is 19.4. The number of carbonyl (C=O) groups is 1. The van der Waals surface area contributed by atoms with Gasteiger partial charge in [0, 0.05) is 41.8 Å². The number of fused-ring (bicyclic) bond motifs is 1. The van der Waals surface area contributed by atoms with Crippen LogP contribution in [0.3, 0.4) is 0 Å². The molecule has 0 aliphatic carbocycles. The molecule has 1 atom stereocenters. The van der Waals surface area contributed by atoms with Crippen molar-refractivity contribution in [3.63, 3.8) is 0 Å². The Labute approximate surface area is 199 Å². The van der Waals surface area contributed by atoms with Gasteiger partial charge in [-0.2, -0.15) is 13.2 Å². The van der Waals surface area contributed by atoms with Crippen LogP contribution in [0.2, 0.25) is 0 Å². The number of aromatic nitrogens is 2. The van der Waals surface area contributed by atoms with E-state index in [1.165, 1.54) is 12.1 Å². The number of nitrogens with zero attached hydrogens (tertiary/aromatic N) is 1. The van der Waals surface area contributed by atoms with E-state index in [4.69, 9.17) is 4.74 Å². The van der Waals surface area contributed by atoms with E-state index in [0.717, 1.165) is 35.3 Å². The van der Waals surface area contributed by atoms with Gasteiger partial charge in [-0.3, -0.25) is 4.79 Å². The molecule has 9 heteroatoms. The van der Waals surface area contributed by atoms with E-state index >= 15 is 0 Å². The molecular weight excluding hydrogens is 459 g/mol. The Hall–Kier alpha value is -4.01. The lowest BCUT2D eigenvalue weighted by molar-refractivity contribution is -0.138. The normalized spacial score (nSPS) is 12.4. The Morgan fingerprint density at radius 1 is 1.11 bits per heavy atom. The second-order valence-corrected chi connectivity index (χ2v) is 8.07. The van der Waals surface area contributed by atoms with Gasteiger partial charge in [-0.25, -0.2) is 4.98 Å². The number of halogens is 3. The predicted molar refractivity (Wildman–Crippen MR) is 127 cm³/mol. The fraction of sp³-hybridized carbons (Fsp3) is 0.231. The lowest BCUT2D eigenvalue weighted by atomic mass is 9.88. The van der Waals surface area contributed by atoms with E-state index in [9.17, 15) is 23.1 Å². The fourth-order valence-corrected chi connectivity index (χ4v) is 3.94. The van der Waals surface area contributed by atoms with Crippen LogP contribution < -0.4 is 10.1 Å². The molecule has 35 heavy (non-hydrogen) atoms. The number of benzene rings is 2. The summed E-state index contributed by atoms with van der Waals surface area (Å²) in [6.45, 7) is 1.20. The molecule has 2 aromatic heterocycles. The van der Waals surface area contributed by atoms with Crippen LogP contribution in [0.1, 0.15) is 35.4 Å². The van der Waals surface area contributed by atoms with Gasteiger partial charge in [0.1, 0.15) is 11.6 Å². The maximum atomic E-state index is 12.9. The van der Waals surface area contributed by atoms with Gasteiger partial charge in [-0.15, -0.1) is 0 Å². The van der Waals surface area contributed by atoms with Gasteiger partial charge in [0.25, 0.3) is 0 Å². The molecule has 0 saturated heterocycles. The van der Waals surface area contributed by atoms with E-state index in [-0.39, 0.29) is 6.42 Å². The largest absolute Gasteiger partial charge is 0.493 e. The van der Waals surface area contributed by atoms with E-state index < -0.39 is 23.6 Å². The molecule has 0 saturated carbocycles. The summed E-state index contributed by atoms with van der Waals surface area (Å²) in [6, 6.07) is 15.8. The number of alkyl halides is 3. The van der Waals surface area contributed by atoms with Gasteiger partial charge >= 0.3 is 12.1 Å². The molecule has 182 valence electrons. The third-order valence-corrected chi connectivity index (χ3v) is 5.64. The molecule has 2 aromatic carbocycles. The SMILES string of the molecule is O=C(O)CC(c1ccc(C(F)(F)F)cc1)c1c[nH]c2cc(OCCCNc3ccccn3)ccc12. The molecule has 0 aliphatic heterocycles. The number of H-pyrrole nitrogens is 1. The van der Waals surface area contributed by atoms with Crippen molar-refractivity contribution in [2.75, 3.05) is 18.5 Å². The second-order valence-electron chi connectivity index (χ2n) is 8.07. The van der Waals surface area contributed by atoms with Crippen molar-refractivity contribution in [3.8, 4) is 5.75 Å². The second kappa shape index (κ2) is 10.5. The number of anilines is 1. The van der Waals surface area contributed by atoms with Crippen molar-refractivity contribution in [1.29, 1.82) is 0 Å². The number of pyridine rings is 1. The molecule has 4 rings (SSSR count). The standard InChI is InChI=1S/C26H24F3N3O3/c27-26(28,29)18-7-5-17(6-8-18)21(15-25(33)34)22-16-32-23-14-19(9-10-20(22)23)35-13-3-12-31-24-4-1-2-11-30-24/h1-2,4-11,14,16,21,32H,3,12-13,15H2,(H,30,31)(H,33,34). The Balaban J connectivity index is 1.45. The van der Waals surface area contributed by atoms with Crippen molar-refractivity contribution < 1.29 is 27.8 Å². The first-order chi connectivity index (χ1) is 16.8. The Morgan fingerprint density at radius 3 is 2.60 bits per heavy atom. The summed E-state index contributed by atoms with van der Waals surface area (Å²) in [4.78, 5) is 18.9. The van der Waals surface area contributed by atoms with Gasteiger partial charge in [0.15, 0.2) is 0 Å². The molecule has 0 fully saturated rings. The zero-order chi connectivity index (χ0) is 24.8. The smallest absolute Gasteiger partial charge is 0.416 e. The van der Waals surface area contributed by atoms with Crippen molar-refractivity contribution in [2.24, 2.45) is 0 Å². The summed E-state index contributed by atoms with van der Waals surface area (Å²) in [5.41, 5.74) is 1.19.